The molecular formula is C11H14F2N2S2. The number of hydrogen-bond acceptors (Lipinski definition) is 3. The van der Waals surface area contributed by atoms with Gasteiger partial charge < -0.3 is 11.1 Å². The molecule has 0 amide bonds. The van der Waals surface area contributed by atoms with E-state index in [1.807, 2.05) is 13.2 Å². The SMILES string of the molecule is CSCC(C)Nc1c(F)cc(C(N)=S)cc1F. The molecule has 0 saturated carbocycles. The number of nitrogens with two attached hydrogens (primary N) is 1. The summed E-state index contributed by atoms with van der Waals surface area (Å²) in [7, 11) is 0. The second-order valence-electron chi connectivity index (χ2n) is 3.68. The highest BCUT2D eigenvalue weighted by molar-refractivity contribution is 7.98. The summed E-state index contributed by atoms with van der Waals surface area (Å²) in [5, 5.41) is 2.79. The van der Waals surface area contributed by atoms with E-state index in [0.717, 1.165) is 17.9 Å². The Morgan fingerprint density at radius 3 is 2.41 bits per heavy atom. The third-order valence-electron chi connectivity index (χ3n) is 2.13. The maximum atomic E-state index is 13.6. The first-order valence-corrected chi connectivity index (χ1v) is 6.80. The van der Waals surface area contributed by atoms with Crippen LogP contribution in [0.3, 0.4) is 0 Å². The molecule has 1 unspecified atom stereocenters. The standard InChI is InChI=1S/C11H14F2N2S2/c1-6(5-17-2)15-10-8(12)3-7(11(14)16)4-9(10)13/h3-4,6,15H,5H2,1-2H3,(H2,14,16). The summed E-state index contributed by atoms with van der Waals surface area (Å²) in [6, 6.07) is 2.25. The highest BCUT2D eigenvalue weighted by Gasteiger charge is 2.14. The highest BCUT2D eigenvalue weighted by Crippen LogP contribution is 2.22. The van der Waals surface area contributed by atoms with Crippen LogP contribution in [0.4, 0.5) is 14.5 Å². The van der Waals surface area contributed by atoms with Gasteiger partial charge in [0.05, 0.1) is 0 Å². The Labute approximate surface area is 109 Å². The van der Waals surface area contributed by atoms with Gasteiger partial charge in [-0.15, -0.1) is 0 Å². The molecule has 0 bridgehead atoms. The summed E-state index contributed by atoms with van der Waals surface area (Å²) in [5.74, 6) is -0.600. The molecule has 0 aliphatic rings. The fourth-order valence-electron chi connectivity index (χ4n) is 1.39. The van der Waals surface area contributed by atoms with E-state index in [-0.39, 0.29) is 22.3 Å². The molecule has 1 aromatic carbocycles. The van der Waals surface area contributed by atoms with Crippen LogP contribution in [0.2, 0.25) is 0 Å². The minimum absolute atomic E-state index is 0.0217. The van der Waals surface area contributed by atoms with Gasteiger partial charge in [-0.25, -0.2) is 8.78 Å². The molecule has 2 nitrogen and oxygen atoms in total. The van der Waals surface area contributed by atoms with Crippen LogP contribution >= 0.6 is 24.0 Å². The van der Waals surface area contributed by atoms with Crippen LogP contribution in [-0.4, -0.2) is 23.0 Å². The summed E-state index contributed by atoms with van der Waals surface area (Å²) in [4.78, 5) is -0.0217. The molecule has 0 heterocycles. The maximum absolute atomic E-state index is 13.6. The zero-order chi connectivity index (χ0) is 13.0. The summed E-state index contributed by atoms with van der Waals surface area (Å²) in [5.41, 5.74) is 5.38. The third kappa shape index (κ3) is 3.81. The van der Waals surface area contributed by atoms with Gasteiger partial charge in [0, 0.05) is 17.4 Å². The molecule has 0 aliphatic heterocycles. The summed E-state index contributed by atoms with van der Waals surface area (Å²) in [6.45, 7) is 1.86. The summed E-state index contributed by atoms with van der Waals surface area (Å²) >= 11 is 6.28. The first-order valence-electron chi connectivity index (χ1n) is 5.00. The van der Waals surface area contributed by atoms with Gasteiger partial charge >= 0.3 is 0 Å². The number of hydrogen-bond donors (Lipinski definition) is 2. The Balaban J connectivity index is 2.97. The molecule has 0 spiro atoms. The Morgan fingerprint density at radius 2 is 2.00 bits per heavy atom. The average molecular weight is 276 g/mol. The quantitative estimate of drug-likeness (QED) is 0.811. The lowest BCUT2D eigenvalue weighted by Gasteiger charge is -2.16. The number of rotatable bonds is 5. The van der Waals surface area contributed by atoms with Crippen molar-refractivity contribution >= 4 is 34.7 Å². The monoisotopic (exact) mass is 276 g/mol. The van der Waals surface area contributed by atoms with Crippen LogP contribution in [0.1, 0.15) is 12.5 Å². The number of thioether (sulfide) groups is 1. The van der Waals surface area contributed by atoms with E-state index in [1.54, 1.807) is 11.8 Å². The van der Waals surface area contributed by atoms with Crippen molar-refractivity contribution < 1.29 is 8.78 Å². The van der Waals surface area contributed by atoms with Gasteiger partial charge in [0.1, 0.15) is 22.3 Å². The van der Waals surface area contributed by atoms with Crippen molar-refractivity contribution in [3.63, 3.8) is 0 Å². The minimum Gasteiger partial charge on any atom is -0.389 e. The summed E-state index contributed by atoms with van der Waals surface area (Å²) in [6.07, 6.45) is 1.93. The number of anilines is 1. The lowest BCUT2D eigenvalue weighted by molar-refractivity contribution is 0.585. The van der Waals surface area contributed by atoms with Crippen LogP contribution in [0.25, 0.3) is 0 Å². The van der Waals surface area contributed by atoms with Gasteiger partial charge in [0.25, 0.3) is 0 Å². The van der Waals surface area contributed by atoms with E-state index in [9.17, 15) is 8.78 Å². The topological polar surface area (TPSA) is 38.0 Å². The highest BCUT2D eigenvalue weighted by atomic mass is 32.2. The molecule has 1 rings (SSSR count). The van der Waals surface area contributed by atoms with Crippen molar-refractivity contribution in [2.45, 2.75) is 13.0 Å². The third-order valence-corrected chi connectivity index (χ3v) is 3.20. The van der Waals surface area contributed by atoms with Crippen molar-refractivity contribution in [2.75, 3.05) is 17.3 Å². The largest absolute Gasteiger partial charge is 0.389 e. The van der Waals surface area contributed by atoms with Crippen molar-refractivity contribution in [1.29, 1.82) is 0 Å². The lowest BCUT2D eigenvalue weighted by atomic mass is 10.1. The van der Waals surface area contributed by atoms with Crippen LogP contribution in [0.15, 0.2) is 12.1 Å². The second kappa shape index (κ2) is 6.16. The average Bonchev–Trinajstić information content (AvgIpc) is 2.23. The molecule has 6 heteroatoms. The number of halogens is 2. The molecule has 1 atom stereocenters. The molecule has 0 aliphatic carbocycles. The van der Waals surface area contributed by atoms with Crippen molar-refractivity contribution in [3.8, 4) is 0 Å². The predicted molar refractivity (Wildman–Crippen MR) is 73.7 cm³/mol. The zero-order valence-electron chi connectivity index (χ0n) is 9.59. The van der Waals surface area contributed by atoms with Gasteiger partial charge in [0.15, 0.2) is 0 Å². The molecular weight excluding hydrogens is 262 g/mol. The lowest BCUT2D eigenvalue weighted by Crippen LogP contribution is -2.20. The van der Waals surface area contributed by atoms with E-state index >= 15 is 0 Å². The van der Waals surface area contributed by atoms with Gasteiger partial charge in [-0.3, -0.25) is 0 Å². The molecule has 0 aromatic heterocycles. The number of nitrogens with one attached hydrogen (secondary N) is 1. The van der Waals surface area contributed by atoms with E-state index in [0.29, 0.717) is 0 Å². The number of benzene rings is 1. The fourth-order valence-corrected chi connectivity index (χ4v) is 2.09. The predicted octanol–water partition coefficient (Wildman–Crippen LogP) is 2.76. The van der Waals surface area contributed by atoms with Crippen LogP contribution in [-0.2, 0) is 0 Å². The Morgan fingerprint density at radius 1 is 1.47 bits per heavy atom. The smallest absolute Gasteiger partial charge is 0.150 e. The van der Waals surface area contributed by atoms with Gasteiger partial charge in [-0.05, 0) is 25.3 Å². The van der Waals surface area contributed by atoms with E-state index < -0.39 is 11.6 Å². The molecule has 94 valence electrons. The maximum Gasteiger partial charge on any atom is 0.150 e. The van der Waals surface area contributed by atoms with Crippen molar-refractivity contribution in [1.82, 2.24) is 0 Å². The second-order valence-corrected chi connectivity index (χ2v) is 5.03. The van der Waals surface area contributed by atoms with Crippen LogP contribution < -0.4 is 11.1 Å². The van der Waals surface area contributed by atoms with Gasteiger partial charge in [0.2, 0.25) is 0 Å². The first-order chi connectivity index (χ1) is 7.95. The Hall–Kier alpha value is -0.880. The molecule has 0 saturated heterocycles. The Bertz CT molecular complexity index is 401. The molecule has 3 N–H and O–H groups in total. The first kappa shape index (κ1) is 14.2. The normalized spacial score (nSPS) is 12.2. The van der Waals surface area contributed by atoms with Crippen LogP contribution in [0.5, 0.6) is 0 Å². The molecule has 17 heavy (non-hydrogen) atoms. The van der Waals surface area contributed by atoms with Crippen molar-refractivity contribution in [3.05, 3.63) is 29.3 Å². The van der Waals surface area contributed by atoms with Crippen molar-refractivity contribution in [2.24, 2.45) is 5.73 Å². The zero-order valence-corrected chi connectivity index (χ0v) is 11.2. The number of thiocarbonyl (C=S) groups is 1. The Kier molecular flexibility index (Phi) is 5.14. The molecule has 1 aromatic rings. The minimum atomic E-state index is -0.680. The summed E-state index contributed by atoms with van der Waals surface area (Å²) < 4.78 is 27.3. The van der Waals surface area contributed by atoms with E-state index in [1.165, 1.54) is 0 Å². The van der Waals surface area contributed by atoms with Gasteiger partial charge in [-0.2, -0.15) is 11.8 Å². The fraction of sp³-hybridized carbons (Fsp3) is 0.364. The van der Waals surface area contributed by atoms with Crippen LogP contribution in [0, 0.1) is 11.6 Å². The van der Waals surface area contributed by atoms with E-state index in [4.69, 9.17) is 5.73 Å². The van der Waals surface area contributed by atoms with Gasteiger partial charge in [-0.1, -0.05) is 12.2 Å². The molecule has 0 radical (unpaired) electrons. The van der Waals surface area contributed by atoms with E-state index in [2.05, 4.69) is 17.5 Å². The molecule has 0 fully saturated rings.